The van der Waals surface area contributed by atoms with Crippen LogP contribution in [0.1, 0.15) is 45.0 Å². The van der Waals surface area contributed by atoms with Crippen LogP contribution in [-0.4, -0.2) is 26.6 Å². The quantitative estimate of drug-likeness (QED) is 0.858. The highest BCUT2D eigenvalue weighted by molar-refractivity contribution is 5.67. The summed E-state index contributed by atoms with van der Waals surface area (Å²) in [5.41, 5.74) is 2.47. The van der Waals surface area contributed by atoms with Crippen molar-refractivity contribution in [1.29, 1.82) is 0 Å². The van der Waals surface area contributed by atoms with Crippen molar-refractivity contribution in [1.82, 2.24) is 9.88 Å². The van der Waals surface area contributed by atoms with Crippen LogP contribution in [0.25, 0.3) is 11.1 Å². The van der Waals surface area contributed by atoms with Crippen LogP contribution in [0.15, 0.2) is 36.5 Å². The first kappa shape index (κ1) is 17.9. The lowest BCUT2D eigenvalue weighted by molar-refractivity contribution is 0.0740. The zero-order chi connectivity index (χ0) is 18.1. The van der Waals surface area contributed by atoms with Crippen molar-refractivity contribution in [2.45, 2.75) is 46.2 Å². The molecule has 1 atom stereocenters. The number of pyridine rings is 1. The van der Waals surface area contributed by atoms with Gasteiger partial charge in [-0.2, -0.15) is 0 Å². The van der Waals surface area contributed by atoms with Crippen molar-refractivity contribution in [3.63, 3.8) is 0 Å². The number of benzene rings is 1. The fourth-order valence-corrected chi connectivity index (χ4v) is 2.81. The number of rotatable bonds is 3. The van der Waals surface area contributed by atoms with Gasteiger partial charge in [0.25, 0.3) is 0 Å². The minimum absolute atomic E-state index is 0.237. The summed E-state index contributed by atoms with van der Waals surface area (Å²) in [5.74, 6) is -0.237. The first-order valence-corrected chi connectivity index (χ1v) is 7.86. The van der Waals surface area contributed by atoms with E-state index in [0.717, 1.165) is 11.1 Å². The maximum Gasteiger partial charge on any atom is 0.408 e. The average Bonchev–Trinajstić information content (AvgIpc) is 2.48. The topological polar surface area (TPSA) is 53.4 Å². The fraction of sp³-hybridized carbons (Fsp3) is 0.368. The molecule has 0 radical (unpaired) electrons. The van der Waals surface area contributed by atoms with Crippen LogP contribution in [-0.2, 0) is 0 Å². The number of halogens is 1. The summed E-state index contributed by atoms with van der Waals surface area (Å²) in [6.07, 6.45) is 0.719. The number of hydrogen-bond donors (Lipinski definition) is 1. The van der Waals surface area contributed by atoms with E-state index in [1.165, 1.54) is 11.0 Å². The molecule has 128 valence electrons. The molecular formula is C19H23FN2O2. The van der Waals surface area contributed by atoms with Gasteiger partial charge in [-0.05, 0) is 63.9 Å². The molecule has 0 aliphatic rings. The smallest absolute Gasteiger partial charge is 0.408 e. The Labute approximate surface area is 142 Å². The summed E-state index contributed by atoms with van der Waals surface area (Å²) in [4.78, 5) is 17.4. The van der Waals surface area contributed by atoms with E-state index in [1.54, 1.807) is 25.3 Å². The highest BCUT2D eigenvalue weighted by atomic mass is 19.1. The molecule has 24 heavy (non-hydrogen) atoms. The molecule has 0 saturated carbocycles. The monoisotopic (exact) mass is 330 g/mol. The Morgan fingerprint density at radius 3 is 2.29 bits per heavy atom. The van der Waals surface area contributed by atoms with Gasteiger partial charge >= 0.3 is 6.09 Å². The molecule has 0 aliphatic carbocycles. The maximum atomic E-state index is 13.4. The van der Waals surface area contributed by atoms with E-state index in [9.17, 15) is 14.3 Å². The predicted octanol–water partition coefficient (Wildman–Crippen LogP) is 5.04. The van der Waals surface area contributed by atoms with Crippen molar-refractivity contribution in [3.8, 4) is 11.1 Å². The maximum absolute atomic E-state index is 13.4. The number of carboxylic acid groups (broad SMARTS) is 1. The molecule has 0 bridgehead atoms. The van der Waals surface area contributed by atoms with Crippen molar-refractivity contribution in [3.05, 3.63) is 53.6 Å². The molecule has 1 unspecified atom stereocenters. The molecule has 1 N–H and O–H groups in total. The third-order valence-corrected chi connectivity index (χ3v) is 4.02. The lowest BCUT2D eigenvalue weighted by Gasteiger charge is -2.37. The van der Waals surface area contributed by atoms with Gasteiger partial charge in [-0.25, -0.2) is 9.18 Å². The van der Waals surface area contributed by atoms with Crippen LogP contribution in [0, 0.1) is 12.7 Å². The van der Waals surface area contributed by atoms with Gasteiger partial charge in [0.2, 0.25) is 0 Å². The highest BCUT2D eigenvalue weighted by Gasteiger charge is 2.32. The molecule has 5 heteroatoms. The second-order valence-electron chi connectivity index (χ2n) is 6.94. The van der Waals surface area contributed by atoms with Crippen LogP contribution in [0.5, 0.6) is 0 Å². The molecule has 1 aromatic carbocycles. The van der Waals surface area contributed by atoms with Gasteiger partial charge in [0.15, 0.2) is 0 Å². The van der Waals surface area contributed by atoms with Gasteiger partial charge in [0, 0.05) is 17.3 Å². The first-order valence-electron chi connectivity index (χ1n) is 7.86. The minimum Gasteiger partial charge on any atom is -0.465 e. The van der Waals surface area contributed by atoms with Crippen LogP contribution in [0.3, 0.4) is 0 Å². The largest absolute Gasteiger partial charge is 0.465 e. The minimum atomic E-state index is -0.977. The Balaban J connectivity index is 2.31. The molecule has 1 aromatic heterocycles. The molecule has 0 fully saturated rings. The van der Waals surface area contributed by atoms with Crippen LogP contribution in [0.2, 0.25) is 0 Å². The van der Waals surface area contributed by atoms with Crippen LogP contribution in [0.4, 0.5) is 9.18 Å². The lowest BCUT2D eigenvalue weighted by atomic mass is 10.0. The van der Waals surface area contributed by atoms with Gasteiger partial charge in [0.1, 0.15) is 5.82 Å². The number of nitrogens with zero attached hydrogens (tertiary/aromatic N) is 2. The third kappa shape index (κ3) is 3.72. The number of aryl methyl sites for hydroxylation is 1. The molecule has 4 nitrogen and oxygen atoms in total. The SMILES string of the molecule is Cc1cc(-c2ccc(C(C)N(C(=O)O)C(C)(C)C)nc2)ccc1F. The van der Waals surface area contributed by atoms with E-state index in [2.05, 4.69) is 4.98 Å². The van der Waals surface area contributed by atoms with Crippen molar-refractivity contribution >= 4 is 6.09 Å². The molecule has 0 spiro atoms. The first-order chi connectivity index (χ1) is 11.1. The van der Waals surface area contributed by atoms with Gasteiger partial charge in [-0.1, -0.05) is 12.1 Å². The fourth-order valence-electron chi connectivity index (χ4n) is 2.81. The summed E-state index contributed by atoms with van der Waals surface area (Å²) in [5, 5.41) is 9.49. The zero-order valence-electron chi connectivity index (χ0n) is 14.7. The van der Waals surface area contributed by atoms with E-state index in [4.69, 9.17) is 0 Å². The highest BCUT2D eigenvalue weighted by Crippen LogP contribution is 2.28. The number of hydrogen-bond acceptors (Lipinski definition) is 2. The summed E-state index contributed by atoms with van der Waals surface area (Å²) in [6.45, 7) is 9.11. The van der Waals surface area contributed by atoms with E-state index in [1.807, 2.05) is 39.8 Å². The summed E-state index contributed by atoms with van der Waals surface area (Å²) in [6, 6.07) is 8.25. The lowest BCUT2D eigenvalue weighted by Crippen LogP contribution is -2.46. The summed E-state index contributed by atoms with van der Waals surface area (Å²) in [7, 11) is 0. The van der Waals surface area contributed by atoms with Gasteiger partial charge in [-0.15, -0.1) is 0 Å². The second-order valence-corrected chi connectivity index (χ2v) is 6.94. The molecule has 1 heterocycles. The Kier molecular flexibility index (Phi) is 4.92. The van der Waals surface area contributed by atoms with Crippen LogP contribution < -0.4 is 0 Å². The Hall–Kier alpha value is -2.43. The van der Waals surface area contributed by atoms with E-state index >= 15 is 0 Å². The standard InChI is InChI=1S/C19H23FN2O2/c1-12-10-14(6-8-16(12)20)15-7-9-17(21-11-15)13(2)22(18(23)24)19(3,4)5/h6-11,13H,1-5H3,(H,23,24). The third-order valence-electron chi connectivity index (χ3n) is 4.02. The Bertz CT molecular complexity index is 736. The van der Waals surface area contributed by atoms with Crippen molar-refractivity contribution < 1.29 is 14.3 Å². The Morgan fingerprint density at radius 1 is 1.21 bits per heavy atom. The molecule has 0 aliphatic heterocycles. The molecule has 2 aromatic rings. The van der Waals surface area contributed by atoms with E-state index in [0.29, 0.717) is 11.3 Å². The zero-order valence-corrected chi connectivity index (χ0v) is 14.7. The average molecular weight is 330 g/mol. The molecule has 1 amide bonds. The van der Waals surface area contributed by atoms with Gasteiger partial charge in [-0.3, -0.25) is 9.88 Å². The second kappa shape index (κ2) is 6.59. The predicted molar refractivity (Wildman–Crippen MR) is 92.4 cm³/mol. The summed E-state index contributed by atoms with van der Waals surface area (Å²) >= 11 is 0. The molecule has 2 rings (SSSR count). The normalized spacial score (nSPS) is 12.8. The van der Waals surface area contributed by atoms with Crippen molar-refractivity contribution in [2.24, 2.45) is 0 Å². The number of aromatic nitrogens is 1. The number of carbonyl (C=O) groups is 1. The summed E-state index contributed by atoms with van der Waals surface area (Å²) < 4.78 is 13.4. The van der Waals surface area contributed by atoms with Gasteiger partial charge in [0.05, 0.1) is 11.7 Å². The van der Waals surface area contributed by atoms with E-state index in [-0.39, 0.29) is 11.9 Å². The Morgan fingerprint density at radius 2 is 1.83 bits per heavy atom. The molecular weight excluding hydrogens is 307 g/mol. The number of amides is 1. The van der Waals surface area contributed by atoms with Crippen molar-refractivity contribution in [2.75, 3.05) is 0 Å². The van der Waals surface area contributed by atoms with Crippen LogP contribution >= 0.6 is 0 Å². The molecule has 0 saturated heterocycles. The van der Waals surface area contributed by atoms with E-state index < -0.39 is 11.6 Å². The van der Waals surface area contributed by atoms with Gasteiger partial charge < -0.3 is 5.11 Å².